The number of ether oxygens (including phenoxy) is 1. The lowest BCUT2D eigenvalue weighted by Crippen LogP contribution is -2.50. The molecule has 0 spiro atoms. The molecule has 2 rings (SSSR count). The molecule has 0 N–H and O–H groups in total. The Bertz CT molecular complexity index is 551. The summed E-state index contributed by atoms with van der Waals surface area (Å²) in [4.78, 5) is 0.328. The predicted molar refractivity (Wildman–Crippen MR) is 74.5 cm³/mol. The average Bonchev–Trinajstić information content (AvgIpc) is 2.39. The lowest BCUT2D eigenvalue weighted by Gasteiger charge is -2.35. The number of benzene rings is 1. The van der Waals surface area contributed by atoms with Gasteiger partial charge in [-0.15, -0.1) is 6.58 Å². The fourth-order valence-corrected chi connectivity index (χ4v) is 3.71. The number of nitrogens with zero attached hydrogens (tertiary/aromatic N) is 1. The van der Waals surface area contributed by atoms with Crippen LogP contribution in [0.25, 0.3) is 0 Å². The highest BCUT2D eigenvalue weighted by Crippen LogP contribution is 2.23. The summed E-state index contributed by atoms with van der Waals surface area (Å²) in [5.41, 5.74) is 1.04. The van der Waals surface area contributed by atoms with Gasteiger partial charge in [-0.05, 0) is 26.0 Å². The molecule has 0 amide bonds. The molecule has 1 fully saturated rings. The highest BCUT2D eigenvalue weighted by molar-refractivity contribution is 7.89. The van der Waals surface area contributed by atoms with Gasteiger partial charge in [-0.25, -0.2) is 8.42 Å². The zero-order valence-electron chi connectivity index (χ0n) is 11.2. The first kappa shape index (κ1) is 14.2. The highest BCUT2D eigenvalue weighted by atomic mass is 32.2. The van der Waals surface area contributed by atoms with Crippen LogP contribution < -0.4 is 0 Å². The van der Waals surface area contributed by atoms with Crippen molar-refractivity contribution in [2.24, 2.45) is 0 Å². The molecule has 5 heteroatoms. The number of morpholine rings is 1. The van der Waals surface area contributed by atoms with Crippen LogP contribution in [0.3, 0.4) is 0 Å². The molecule has 1 heterocycles. The van der Waals surface area contributed by atoms with Crippen molar-refractivity contribution in [1.29, 1.82) is 0 Å². The maximum atomic E-state index is 12.6. The van der Waals surface area contributed by atoms with Crippen LogP contribution in [0.1, 0.15) is 12.5 Å². The fraction of sp³-hybridized carbons (Fsp3) is 0.429. The maximum absolute atomic E-state index is 12.6. The molecule has 0 aliphatic carbocycles. The molecule has 1 aliphatic heterocycles. The highest BCUT2D eigenvalue weighted by Gasteiger charge is 2.34. The molecule has 104 valence electrons. The normalized spacial score (nSPS) is 25.2. The molecule has 1 saturated heterocycles. The van der Waals surface area contributed by atoms with E-state index in [0.717, 1.165) is 5.56 Å². The third-order valence-electron chi connectivity index (χ3n) is 3.29. The first-order valence-corrected chi connectivity index (χ1v) is 7.72. The van der Waals surface area contributed by atoms with Crippen LogP contribution in [-0.2, 0) is 14.8 Å². The monoisotopic (exact) mass is 281 g/mol. The fourth-order valence-electron chi connectivity index (χ4n) is 2.08. The lowest BCUT2D eigenvalue weighted by atomic mass is 10.2. The summed E-state index contributed by atoms with van der Waals surface area (Å²) >= 11 is 0. The first-order chi connectivity index (χ1) is 8.95. The van der Waals surface area contributed by atoms with Crippen LogP contribution in [0, 0.1) is 6.92 Å². The average molecular weight is 281 g/mol. The van der Waals surface area contributed by atoms with E-state index in [0.29, 0.717) is 18.0 Å². The van der Waals surface area contributed by atoms with Crippen molar-refractivity contribution < 1.29 is 13.2 Å². The molecule has 1 aliphatic rings. The van der Waals surface area contributed by atoms with Gasteiger partial charge < -0.3 is 4.74 Å². The molecule has 19 heavy (non-hydrogen) atoms. The number of rotatable bonds is 3. The van der Waals surface area contributed by atoms with Crippen molar-refractivity contribution in [3.63, 3.8) is 0 Å². The van der Waals surface area contributed by atoms with Gasteiger partial charge in [0.05, 0.1) is 17.6 Å². The molecule has 0 bridgehead atoms. The van der Waals surface area contributed by atoms with E-state index in [-0.39, 0.29) is 12.1 Å². The van der Waals surface area contributed by atoms with E-state index in [9.17, 15) is 8.42 Å². The molecule has 1 unspecified atom stereocenters. The summed E-state index contributed by atoms with van der Waals surface area (Å²) in [6.07, 6.45) is 1.40. The van der Waals surface area contributed by atoms with Crippen molar-refractivity contribution >= 4 is 10.0 Å². The molecule has 0 saturated carbocycles. The van der Waals surface area contributed by atoms with E-state index < -0.39 is 10.0 Å². The zero-order valence-corrected chi connectivity index (χ0v) is 12.1. The number of aryl methyl sites for hydroxylation is 1. The van der Waals surface area contributed by atoms with Crippen LogP contribution in [-0.4, -0.2) is 38.0 Å². The van der Waals surface area contributed by atoms with Gasteiger partial charge in [0.25, 0.3) is 0 Å². The van der Waals surface area contributed by atoms with Crippen molar-refractivity contribution in [1.82, 2.24) is 4.31 Å². The Kier molecular flexibility index (Phi) is 4.08. The Balaban J connectivity index is 2.32. The van der Waals surface area contributed by atoms with Crippen LogP contribution in [0.5, 0.6) is 0 Å². The summed E-state index contributed by atoms with van der Waals surface area (Å²) < 4.78 is 32.2. The largest absolute Gasteiger partial charge is 0.371 e. The van der Waals surface area contributed by atoms with Crippen LogP contribution in [0.2, 0.25) is 0 Å². The van der Waals surface area contributed by atoms with Crippen LogP contribution in [0.15, 0.2) is 41.8 Å². The minimum Gasteiger partial charge on any atom is -0.371 e. The van der Waals surface area contributed by atoms with Crippen molar-refractivity contribution in [3.8, 4) is 0 Å². The van der Waals surface area contributed by atoms with Gasteiger partial charge in [0.1, 0.15) is 0 Å². The second-order valence-corrected chi connectivity index (χ2v) is 6.73. The SMILES string of the molecule is C=CC1CN(S(=O)(=O)c2ccc(C)cc2)[C@@H](C)CO1. The van der Waals surface area contributed by atoms with Crippen molar-refractivity contribution in [3.05, 3.63) is 42.5 Å². The van der Waals surface area contributed by atoms with Crippen LogP contribution in [0.4, 0.5) is 0 Å². The molecule has 4 nitrogen and oxygen atoms in total. The summed E-state index contributed by atoms with van der Waals surface area (Å²) in [6.45, 7) is 8.16. The second kappa shape index (κ2) is 5.45. The van der Waals surface area contributed by atoms with Gasteiger partial charge >= 0.3 is 0 Å². The minimum atomic E-state index is -3.47. The first-order valence-electron chi connectivity index (χ1n) is 6.28. The molecule has 0 radical (unpaired) electrons. The Labute approximate surface area is 114 Å². The molecule has 2 atom stereocenters. The van der Waals surface area contributed by atoms with Crippen LogP contribution >= 0.6 is 0 Å². The summed E-state index contributed by atoms with van der Waals surface area (Å²) in [5.74, 6) is 0. The van der Waals surface area contributed by atoms with Gasteiger partial charge in [-0.3, -0.25) is 0 Å². The van der Waals surface area contributed by atoms with Crippen molar-refractivity contribution in [2.45, 2.75) is 30.9 Å². The standard InChI is InChI=1S/C14H19NO3S/c1-4-13-9-15(12(3)10-18-13)19(16,17)14-7-5-11(2)6-8-14/h4-8,12-13H,1,9-10H2,2-3H3/t12-,13?/m0/s1. The minimum absolute atomic E-state index is 0.164. The summed E-state index contributed by atoms with van der Waals surface area (Å²) in [7, 11) is -3.47. The molecule has 0 aromatic heterocycles. The van der Waals surface area contributed by atoms with Gasteiger partial charge in [0.15, 0.2) is 0 Å². The third kappa shape index (κ3) is 2.88. The van der Waals surface area contributed by atoms with E-state index in [4.69, 9.17) is 4.74 Å². The Hall–Kier alpha value is -1.17. The van der Waals surface area contributed by atoms with Gasteiger partial charge in [0.2, 0.25) is 10.0 Å². The van der Waals surface area contributed by atoms with E-state index in [1.54, 1.807) is 18.2 Å². The number of hydrogen-bond donors (Lipinski definition) is 0. The Morgan fingerprint density at radius 3 is 2.58 bits per heavy atom. The number of hydrogen-bond acceptors (Lipinski definition) is 3. The number of sulfonamides is 1. The van der Waals surface area contributed by atoms with Gasteiger partial charge in [-0.2, -0.15) is 4.31 Å². The van der Waals surface area contributed by atoms with Gasteiger partial charge in [-0.1, -0.05) is 23.8 Å². The molecular weight excluding hydrogens is 262 g/mol. The predicted octanol–water partition coefficient (Wildman–Crippen LogP) is 1.96. The van der Waals surface area contributed by atoms with E-state index >= 15 is 0 Å². The zero-order chi connectivity index (χ0) is 14.0. The van der Waals surface area contributed by atoms with E-state index in [1.165, 1.54) is 4.31 Å². The van der Waals surface area contributed by atoms with Crippen molar-refractivity contribution in [2.75, 3.05) is 13.2 Å². The van der Waals surface area contributed by atoms with E-state index in [2.05, 4.69) is 6.58 Å². The molecular formula is C14H19NO3S. The molecule has 1 aromatic carbocycles. The third-order valence-corrected chi connectivity index (χ3v) is 5.29. The lowest BCUT2D eigenvalue weighted by molar-refractivity contribution is -0.00192. The van der Waals surface area contributed by atoms with E-state index in [1.807, 2.05) is 26.0 Å². The second-order valence-electron chi connectivity index (χ2n) is 4.84. The Morgan fingerprint density at radius 2 is 2.00 bits per heavy atom. The molecule has 1 aromatic rings. The quantitative estimate of drug-likeness (QED) is 0.796. The summed E-state index contributed by atoms with van der Waals surface area (Å²) in [5, 5.41) is 0. The summed E-state index contributed by atoms with van der Waals surface area (Å²) in [6, 6.07) is 6.75. The smallest absolute Gasteiger partial charge is 0.243 e. The topological polar surface area (TPSA) is 46.6 Å². The maximum Gasteiger partial charge on any atom is 0.243 e. The Morgan fingerprint density at radius 1 is 1.37 bits per heavy atom. The van der Waals surface area contributed by atoms with Gasteiger partial charge in [0, 0.05) is 12.6 Å².